The summed E-state index contributed by atoms with van der Waals surface area (Å²) in [4.78, 5) is 20.4. The molecule has 2 N–H and O–H groups in total. The van der Waals surface area contributed by atoms with E-state index in [4.69, 9.17) is 19.8 Å². The van der Waals surface area contributed by atoms with Crippen LogP contribution < -0.4 is 10.3 Å². The first kappa shape index (κ1) is 30.9. The van der Waals surface area contributed by atoms with Gasteiger partial charge in [0.2, 0.25) is 0 Å². The minimum atomic E-state index is -0.214. The fourth-order valence-electron chi connectivity index (χ4n) is 4.91. The number of benzene rings is 3. The Hall–Kier alpha value is -3.04. The molecule has 1 atom stereocenters. The molecule has 0 radical (unpaired) electrons. The maximum atomic E-state index is 11.1. The van der Waals surface area contributed by atoms with Gasteiger partial charge in [0, 0.05) is 17.2 Å². The Bertz CT molecular complexity index is 1430. The summed E-state index contributed by atoms with van der Waals surface area (Å²) in [5, 5.41) is 11.1. The van der Waals surface area contributed by atoms with Crippen LogP contribution in [0.1, 0.15) is 74.6 Å². The normalized spacial score (nSPS) is 12.8. The van der Waals surface area contributed by atoms with Gasteiger partial charge in [0.05, 0.1) is 5.56 Å². The Balaban J connectivity index is 1.63. The molecule has 0 aliphatic heterocycles. The third kappa shape index (κ3) is 8.26. The third-order valence-corrected chi connectivity index (χ3v) is 7.98. The van der Waals surface area contributed by atoms with E-state index in [-0.39, 0.29) is 9.30 Å². The predicted molar refractivity (Wildman–Crippen MR) is 176 cm³/mol. The van der Waals surface area contributed by atoms with Crippen LogP contribution in [0.15, 0.2) is 54.6 Å². The zero-order chi connectivity index (χ0) is 29.6. The van der Waals surface area contributed by atoms with Crippen LogP contribution in [-0.4, -0.2) is 23.6 Å². The van der Waals surface area contributed by atoms with Crippen molar-refractivity contribution >= 4 is 22.6 Å². The van der Waals surface area contributed by atoms with Crippen molar-refractivity contribution in [2.75, 3.05) is 0 Å². The highest BCUT2D eigenvalue weighted by atomic mass is 127. The van der Waals surface area contributed by atoms with E-state index in [2.05, 4.69) is 93.9 Å². The highest BCUT2D eigenvalue weighted by molar-refractivity contribution is 14.1. The summed E-state index contributed by atoms with van der Waals surface area (Å²) in [7, 11) is 0. The second-order valence-electron chi connectivity index (χ2n) is 11.2. The third-order valence-electron chi connectivity index (χ3n) is 7.22. The van der Waals surface area contributed by atoms with Crippen molar-refractivity contribution < 1.29 is 9.94 Å². The van der Waals surface area contributed by atoms with Crippen LogP contribution in [0.3, 0.4) is 0 Å². The van der Waals surface area contributed by atoms with E-state index >= 15 is 0 Å². The summed E-state index contributed by atoms with van der Waals surface area (Å²) in [6.07, 6.45) is 7.16. The number of nitrogens with one attached hydrogen (secondary N) is 1. The topological polar surface area (TPSA) is 80.2 Å². The van der Waals surface area contributed by atoms with Gasteiger partial charge in [-0.15, -0.1) is 5.48 Å². The molecule has 1 heterocycles. The van der Waals surface area contributed by atoms with Crippen molar-refractivity contribution in [3.05, 3.63) is 76.9 Å². The van der Waals surface area contributed by atoms with Crippen LogP contribution in [-0.2, 0) is 0 Å². The number of halogens is 1. The quantitative estimate of drug-likeness (QED) is 0.0517. The Labute approximate surface area is 258 Å². The molecule has 1 aromatic heterocycles. The molecule has 0 saturated heterocycles. The van der Waals surface area contributed by atoms with Gasteiger partial charge in [-0.3, -0.25) is 0 Å². The molecule has 4 rings (SSSR count). The second kappa shape index (κ2) is 13.7. The van der Waals surface area contributed by atoms with Crippen LogP contribution in [0, 0.1) is 27.7 Å². The summed E-state index contributed by atoms with van der Waals surface area (Å²) in [5.41, 5.74) is 10.1. The van der Waals surface area contributed by atoms with E-state index in [1.807, 2.05) is 18.2 Å². The molecular weight excluding hydrogens is 623 g/mol. The number of aromatic nitrogens is 3. The minimum Gasteiger partial charge on any atom is -0.507 e. The number of hydrogen-bond acceptors (Lipinski definition) is 6. The van der Waals surface area contributed by atoms with Gasteiger partial charge >= 0.3 is 0 Å². The van der Waals surface area contributed by atoms with Gasteiger partial charge in [-0.25, -0.2) is 15.0 Å². The van der Waals surface area contributed by atoms with Crippen molar-refractivity contribution in [3.63, 3.8) is 0 Å². The molecule has 4 aromatic rings. The first-order valence-electron chi connectivity index (χ1n) is 14.4. The minimum absolute atomic E-state index is 0.0448. The average Bonchev–Trinajstić information content (AvgIpc) is 2.91. The summed E-state index contributed by atoms with van der Waals surface area (Å²) in [5.74, 6) is 2.13. The smallest absolute Gasteiger partial charge is 0.167 e. The molecule has 41 heavy (non-hydrogen) atoms. The number of unbranched alkanes of at least 4 members (excludes halogenated alkanes) is 4. The van der Waals surface area contributed by atoms with Gasteiger partial charge in [0.15, 0.2) is 23.2 Å². The van der Waals surface area contributed by atoms with Gasteiger partial charge in [0.25, 0.3) is 0 Å². The number of aromatic hydroxyl groups is 1. The van der Waals surface area contributed by atoms with Crippen LogP contribution in [0.5, 0.6) is 11.5 Å². The van der Waals surface area contributed by atoms with Crippen molar-refractivity contribution in [2.24, 2.45) is 0 Å². The Morgan fingerprint density at radius 1 is 0.732 bits per heavy atom. The molecule has 216 valence electrons. The van der Waals surface area contributed by atoms with E-state index in [1.54, 1.807) is 12.1 Å². The molecule has 0 aliphatic rings. The largest absolute Gasteiger partial charge is 0.507 e. The van der Waals surface area contributed by atoms with Crippen molar-refractivity contribution in [1.29, 1.82) is 0 Å². The highest BCUT2D eigenvalue weighted by Gasteiger charge is 2.21. The van der Waals surface area contributed by atoms with Crippen LogP contribution >= 0.6 is 22.6 Å². The molecule has 3 aromatic carbocycles. The first-order chi connectivity index (χ1) is 19.6. The van der Waals surface area contributed by atoms with Crippen molar-refractivity contribution in [2.45, 2.75) is 83.6 Å². The lowest BCUT2D eigenvalue weighted by Crippen LogP contribution is -2.38. The Morgan fingerprint density at radius 2 is 1.24 bits per heavy atom. The number of hydroxylamine groups is 1. The first-order valence-corrected chi connectivity index (χ1v) is 15.5. The number of rotatable bonds is 12. The fraction of sp³-hybridized carbons (Fsp3) is 0.382. The lowest BCUT2D eigenvalue weighted by atomic mass is 10.0. The lowest BCUT2D eigenvalue weighted by molar-refractivity contribution is 0.147. The number of nitrogens with zero attached hydrogens (tertiary/aromatic N) is 3. The number of aryl methyl sites for hydroxylation is 4. The van der Waals surface area contributed by atoms with Gasteiger partial charge in [-0.1, -0.05) is 109 Å². The highest BCUT2D eigenvalue weighted by Crippen LogP contribution is 2.34. The molecular formula is C34H41IN4O2. The number of hydrogen-bond donors (Lipinski definition) is 2. The standard InChI is InChI=1S/C34H41IN4O2/c1-7-8-9-10-11-18-34(6,35)39-41-26-14-17-29(30(40)21-26)33-37-31(27-15-12-22(2)19-24(27)4)36-32(38-33)28-16-13-23(3)20-25(28)5/h12-17,19-21,39-40H,7-11,18H2,1-6H3. The van der Waals surface area contributed by atoms with E-state index in [1.165, 1.54) is 36.8 Å². The van der Waals surface area contributed by atoms with Gasteiger partial charge in [-0.2, -0.15) is 0 Å². The van der Waals surface area contributed by atoms with Crippen LogP contribution in [0.25, 0.3) is 34.2 Å². The second-order valence-corrected chi connectivity index (χ2v) is 13.6. The molecule has 0 fully saturated rings. The molecule has 6 nitrogen and oxygen atoms in total. The van der Waals surface area contributed by atoms with Gasteiger partial charge < -0.3 is 9.94 Å². The molecule has 0 aliphatic carbocycles. The monoisotopic (exact) mass is 664 g/mol. The number of phenols is 1. The van der Waals surface area contributed by atoms with Crippen LogP contribution in [0.4, 0.5) is 0 Å². The summed E-state index contributed by atoms with van der Waals surface area (Å²) in [6, 6.07) is 17.7. The van der Waals surface area contributed by atoms with Gasteiger partial charge in [-0.05, 0) is 64.3 Å². The van der Waals surface area contributed by atoms with E-state index in [9.17, 15) is 5.11 Å². The molecule has 1 unspecified atom stereocenters. The average molecular weight is 665 g/mol. The molecule has 0 amide bonds. The predicted octanol–water partition coefficient (Wildman–Crippen LogP) is 9.21. The molecule has 0 saturated carbocycles. The zero-order valence-electron chi connectivity index (χ0n) is 25.0. The lowest BCUT2D eigenvalue weighted by Gasteiger charge is -2.24. The summed E-state index contributed by atoms with van der Waals surface area (Å²) >= 11 is 2.39. The number of phenolic OH excluding ortho intramolecular Hbond substituents is 1. The van der Waals surface area contributed by atoms with E-state index < -0.39 is 0 Å². The van der Waals surface area contributed by atoms with Gasteiger partial charge in [0.1, 0.15) is 9.30 Å². The maximum Gasteiger partial charge on any atom is 0.167 e. The summed E-state index contributed by atoms with van der Waals surface area (Å²) < 4.78 is -0.214. The molecule has 0 spiro atoms. The van der Waals surface area contributed by atoms with Crippen molar-refractivity contribution in [1.82, 2.24) is 20.4 Å². The number of alkyl halides is 1. The zero-order valence-corrected chi connectivity index (χ0v) is 27.2. The van der Waals surface area contributed by atoms with E-state index in [0.717, 1.165) is 35.1 Å². The van der Waals surface area contributed by atoms with E-state index in [0.29, 0.717) is 28.8 Å². The van der Waals surface area contributed by atoms with Crippen molar-refractivity contribution in [3.8, 4) is 45.7 Å². The summed E-state index contributed by atoms with van der Waals surface area (Å²) in [6.45, 7) is 12.6. The SMILES string of the molecule is CCCCCCCC(C)(I)NOc1ccc(-c2nc(-c3ccc(C)cc3C)nc(-c3ccc(C)cc3C)n2)c(O)c1. The Kier molecular flexibility index (Phi) is 10.4. The molecule has 0 bridgehead atoms. The fourth-order valence-corrected chi connectivity index (χ4v) is 5.40. The molecule has 7 heteroatoms. The Morgan fingerprint density at radius 3 is 1.76 bits per heavy atom. The van der Waals surface area contributed by atoms with Crippen LogP contribution in [0.2, 0.25) is 0 Å². The maximum absolute atomic E-state index is 11.1.